The van der Waals surface area contributed by atoms with Crippen molar-refractivity contribution < 1.29 is 9.59 Å². The predicted molar refractivity (Wildman–Crippen MR) is 83.5 cm³/mol. The van der Waals surface area contributed by atoms with Gasteiger partial charge in [-0.25, -0.2) is 0 Å². The van der Waals surface area contributed by atoms with Gasteiger partial charge in [-0.2, -0.15) is 5.26 Å². The Labute approximate surface area is 132 Å². The van der Waals surface area contributed by atoms with E-state index >= 15 is 0 Å². The SMILES string of the molecule is CC(C)CC(NC(=O)c1cccc(Br)c1)C(=O)NCC#N. The molecule has 0 heterocycles. The number of hydrogen-bond donors (Lipinski definition) is 2. The summed E-state index contributed by atoms with van der Waals surface area (Å²) in [7, 11) is 0. The largest absolute Gasteiger partial charge is 0.341 e. The molecule has 2 amide bonds. The fourth-order valence-electron chi connectivity index (χ4n) is 1.82. The Bertz CT molecular complexity index is 552. The van der Waals surface area contributed by atoms with Gasteiger partial charge in [-0.15, -0.1) is 0 Å². The lowest BCUT2D eigenvalue weighted by Crippen LogP contribution is -2.47. The zero-order valence-corrected chi connectivity index (χ0v) is 13.6. The first-order chi connectivity index (χ1) is 9.93. The van der Waals surface area contributed by atoms with Crippen molar-refractivity contribution in [2.45, 2.75) is 26.3 Å². The first-order valence-corrected chi connectivity index (χ1v) is 7.44. The van der Waals surface area contributed by atoms with Gasteiger partial charge in [0.2, 0.25) is 5.91 Å². The first-order valence-electron chi connectivity index (χ1n) is 6.65. The third kappa shape index (κ3) is 5.96. The first kappa shape index (κ1) is 17.2. The van der Waals surface area contributed by atoms with Crippen LogP contribution in [0, 0.1) is 17.2 Å². The van der Waals surface area contributed by atoms with Crippen LogP contribution in [0.2, 0.25) is 0 Å². The van der Waals surface area contributed by atoms with Crippen molar-refractivity contribution in [1.29, 1.82) is 5.26 Å². The molecule has 0 radical (unpaired) electrons. The number of rotatable bonds is 6. The molecule has 5 nitrogen and oxygen atoms in total. The van der Waals surface area contributed by atoms with Gasteiger partial charge in [0.1, 0.15) is 12.6 Å². The average Bonchev–Trinajstić information content (AvgIpc) is 2.43. The number of benzene rings is 1. The summed E-state index contributed by atoms with van der Waals surface area (Å²) >= 11 is 3.30. The lowest BCUT2D eigenvalue weighted by atomic mass is 10.0. The smallest absolute Gasteiger partial charge is 0.251 e. The molecule has 2 N–H and O–H groups in total. The molecule has 1 rings (SSSR count). The molecule has 0 fully saturated rings. The Balaban J connectivity index is 2.78. The summed E-state index contributed by atoms with van der Waals surface area (Å²) < 4.78 is 0.796. The highest BCUT2D eigenvalue weighted by molar-refractivity contribution is 9.10. The van der Waals surface area contributed by atoms with Crippen molar-refractivity contribution in [2.24, 2.45) is 5.92 Å². The van der Waals surface area contributed by atoms with E-state index in [9.17, 15) is 9.59 Å². The van der Waals surface area contributed by atoms with Gasteiger partial charge in [-0.05, 0) is 30.5 Å². The molecule has 0 saturated heterocycles. The van der Waals surface area contributed by atoms with E-state index in [2.05, 4.69) is 26.6 Å². The van der Waals surface area contributed by atoms with Gasteiger partial charge < -0.3 is 10.6 Å². The summed E-state index contributed by atoms with van der Waals surface area (Å²) in [5, 5.41) is 13.7. The van der Waals surface area contributed by atoms with Crippen molar-refractivity contribution in [3.63, 3.8) is 0 Å². The quantitative estimate of drug-likeness (QED) is 0.771. The van der Waals surface area contributed by atoms with E-state index in [0.29, 0.717) is 12.0 Å². The second-order valence-electron chi connectivity index (χ2n) is 5.04. The van der Waals surface area contributed by atoms with E-state index in [0.717, 1.165) is 4.47 Å². The second kappa shape index (κ2) is 8.42. The number of hydrogen-bond acceptors (Lipinski definition) is 3. The zero-order valence-electron chi connectivity index (χ0n) is 12.0. The van der Waals surface area contributed by atoms with Crippen LogP contribution in [0.1, 0.15) is 30.6 Å². The van der Waals surface area contributed by atoms with Gasteiger partial charge in [0.05, 0.1) is 6.07 Å². The van der Waals surface area contributed by atoms with Gasteiger partial charge in [0, 0.05) is 10.0 Å². The van der Waals surface area contributed by atoms with Crippen LogP contribution in [0.3, 0.4) is 0 Å². The molecule has 112 valence electrons. The standard InChI is InChI=1S/C15H18BrN3O2/c1-10(2)8-13(15(21)18-7-6-17)19-14(20)11-4-3-5-12(16)9-11/h3-5,9-10,13H,7-8H2,1-2H3,(H,18,21)(H,19,20). The number of nitriles is 1. The molecule has 21 heavy (non-hydrogen) atoms. The van der Waals surface area contributed by atoms with E-state index in [1.54, 1.807) is 18.2 Å². The van der Waals surface area contributed by atoms with E-state index in [1.807, 2.05) is 26.0 Å². The third-order valence-corrected chi connectivity index (χ3v) is 3.25. The van der Waals surface area contributed by atoms with Gasteiger partial charge in [0.15, 0.2) is 0 Å². The summed E-state index contributed by atoms with van der Waals surface area (Å²) in [6, 6.07) is 8.15. The minimum Gasteiger partial charge on any atom is -0.341 e. The molecular weight excluding hydrogens is 334 g/mol. The molecular formula is C15H18BrN3O2. The maximum atomic E-state index is 12.2. The summed E-state index contributed by atoms with van der Waals surface area (Å²) in [6.07, 6.45) is 0.511. The molecule has 1 aromatic rings. The monoisotopic (exact) mass is 351 g/mol. The normalized spacial score (nSPS) is 11.6. The molecule has 1 aromatic carbocycles. The highest BCUT2D eigenvalue weighted by Crippen LogP contribution is 2.12. The van der Waals surface area contributed by atoms with Crippen LogP contribution in [0.25, 0.3) is 0 Å². The van der Waals surface area contributed by atoms with Crippen LogP contribution in [0.4, 0.5) is 0 Å². The number of amides is 2. The number of nitrogens with one attached hydrogen (secondary N) is 2. The maximum Gasteiger partial charge on any atom is 0.251 e. The van der Waals surface area contributed by atoms with E-state index in [1.165, 1.54) is 0 Å². The van der Waals surface area contributed by atoms with E-state index in [-0.39, 0.29) is 24.3 Å². The van der Waals surface area contributed by atoms with Gasteiger partial charge in [-0.1, -0.05) is 35.8 Å². The minimum atomic E-state index is -0.648. The van der Waals surface area contributed by atoms with Gasteiger partial charge in [-0.3, -0.25) is 9.59 Å². The van der Waals surface area contributed by atoms with E-state index < -0.39 is 6.04 Å². The highest BCUT2D eigenvalue weighted by atomic mass is 79.9. The van der Waals surface area contributed by atoms with Crippen molar-refractivity contribution in [1.82, 2.24) is 10.6 Å². The summed E-state index contributed by atoms with van der Waals surface area (Å²) in [6.45, 7) is 3.87. The molecule has 1 unspecified atom stereocenters. The molecule has 0 aliphatic rings. The molecule has 6 heteroatoms. The molecule has 1 atom stereocenters. The predicted octanol–water partition coefficient (Wildman–Crippen LogP) is 2.23. The Morgan fingerprint density at radius 2 is 2.10 bits per heavy atom. The molecule has 0 aliphatic carbocycles. The van der Waals surface area contributed by atoms with Crippen molar-refractivity contribution >= 4 is 27.7 Å². The molecule has 0 spiro atoms. The fourth-order valence-corrected chi connectivity index (χ4v) is 2.22. The van der Waals surface area contributed by atoms with Crippen molar-refractivity contribution in [3.05, 3.63) is 34.3 Å². The third-order valence-electron chi connectivity index (χ3n) is 2.76. The minimum absolute atomic E-state index is 0.0693. The number of halogens is 1. The Morgan fingerprint density at radius 3 is 2.67 bits per heavy atom. The summed E-state index contributed by atoms with van der Waals surface area (Å²) in [5.74, 6) is -0.409. The van der Waals surface area contributed by atoms with Crippen LogP contribution >= 0.6 is 15.9 Å². The Hall–Kier alpha value is -1.87. The Kier molecular flexibility index (Phi) is 6.89. The Morgan fingerprint density at radius 1 is 1.38 bits per heavy atom. The van der Waals surface area contributed by atoms with Gasteiger partial charge in [0.25, 0.3) is 5.91 Å². The van der Waals surface area contributed by atoms with Crippen molar-refractivity contribution in [3.8, 4) is 6.07 Å². The van der Waals surface area contributed by atoms with Crippen LogP contribution < -0.4 is 10.6 Å². The number of carbonyl (C=O) groups excluding carboxylic acids is 2. The van der Waals surface area contributed by atoms with Crippen molar-refractivity contribution in [2.75, 3.05) is 6.54 Å². The second-order valence-corrected chi connectivity index (χ2v) is 5.96. The zero-order chi connectivity index (χ0) is 15.8. The topological polar surface area (TPSA) is 82.0 Å². The molecule has 0 aromatic heterocycles. The average molecular weight is 352 g/mol. The van der Waals surface area contributed by atoms with Crippen LogP contribution in [0.5, 0.6) is 0 Å². The number of nitrogens with zero attached hydrogens (tertiary/aromatic N) is 1. The fraction of sp³-hybridized carbons (Fsp3) is 0.400. The van der Waals surface area contributed by atoms with Gasteiger partial charge >= 0.3 is 0 Å². The maximum absolute atomic E-state index is 12.2. The van der Waals surface area contributed by atoms with Crippen LogP contribution in [0.15, 0.2) is 28.7 Å². The summed E-state index contributed by atoms with van der Waals surface area (Å²) in [5.41, 5.74) is 0.478. The molecule has 0 saturated carbocycles. The van der Waals surface area contributed by atoms with Crippen LogP contribution in [-0.2, 0) is 4.79 Å². The summed E-state index contributed by atoms with van der Waals surface area (Å²) in [4.78, 5) is 24.2. The lowest BCUT2D eigenvalue weighted by Gasteiger charge is -2.19. The lowest BCUT2D eigenvalue weighted by molar-refractivity contribution is -0.123. The molecule has 0 bridgehead atoms. The van der Waals surface area contributed by atoms with E-state index in [4.69, 9.17) is 5.26 Å². The molecule has 0 aliphatic heterocycles. The number of carbonyl (C=O) groups is 2. The van der Waals surface area contributed by atoms with Crippen LogP contribution in [-0.4, -0.2) is 24.4 Å². The highest BCUT2D eigenvalue weighted by Gasteiger charge is 2.22.